The molecule has 5 nitrogen and oxygen atoms in total. The first kappa shape index (κ1) is 21.6. The van der Waals surface area contributed by atoms with Gasteiger partial charge in [0.2, 0.25) is 5.91 Å². The molecular formula is C16H34ClN3O2. The van der Waals surface area contributed by atoms with Crippen LogP contribution in [0.2, 0.25) is 0 Å². The number of hydrogen-bond donors (Lipinski definition) is 1. The zero-order valence-corrected chi connectivity index (χ0v) is 15.5. The van der Waals surface area contributed by atoms with Gasteiger partial charge >= 0.3 is 0 Å². The van der Waals surface area contributed by atoms with Crippen molar-refractivity contribution < 1.29 is 9.53 Å². The number of halogens is 1. The predicted octanol–water partition coefficient (Wildman–Crippen LogP) is 1.88. The van der Waals surface area contributed by atoms with Crippen LogP contribution in [0.3, 0.4) is 0 Å². The Balaban J connectivity index is 0.00000441. The Kier molecular flexibility index (Phi) is 10.3. The molecule has 1 saturated heterocycles. The van der Waals surface area contributed by atoms with Gasteiger partial charge < -0.3 is 20.3 Å². The standard InChI is InChI=1S/C16H33N3O2.ClH/c1-5-9-16(4,17)15(20)19-10-8-14(13-19)21-12-11-18(6-2)7-3;/h14H,5-13,17H2,1-4H3;1H. The molecule has 2 atom stereocenters. The van der Waals surface area contributed by atoms with Crippen LogP contribution < -0.4 is 5.73 Å². The number of ether oxygens (including phenoxy) is 1. The van der Waals surface area contributed by atoms with E-state index in [2.05, 4.69) is 25.7 Å². The van der Waals surface area contributed by atoms with E-state index in [0.29, 0.717) is 6.54 Å². The maximum atomic E-state index is 12.4. The summed E-state index contributed by atoms with van der Waals surface area (Å²) in [5.74, 6) is 0.0687. The highest BCUT2D eigenvalue weighted by Gasteiger charge is 2.35. The Bertz CT molecular complexity index is 323. The lowest BCUT2D eigenvalue weighted by Gasteiger charge is -2.28. The molecule has 0 aromatic carbocycles. The molecule has 1 aliphatic rings. The molecule has 1 heterocycles. The first-order chi connectivity index (χ1) is 9.94. The average Bonchev–Trinajstić information content (AvgIpc) is 2.91. The first-order valence-electron chi connectivity index (χ1n) is 8.36. The van der Waals surface area contributed by atoms with Crippen molar-refractivity contribution in [3.8, 4) is 0 Å². The summed E-state index contributed by atoms with van der Waals surface area (Å²) in [7, 11) is 0. The number of amides is 1. The van der Waals surface area contributed by atoms with Gasteiger partial charge in [-0.15, -0.1) is 12.4 Å². The third-order valence-electron chi connectivity index (χ3n) is 4.35. The van der Waals surface area contributed by atoms with Crippen molar-refractivity contribution >= 4 is 18.3 Å². The minimum atomic E-state index is -0.731. The van der Waals surface area contributed by atoms with Gasteiger partial charge in [-0.1, -0.05) is 27.2 Å². The van der Waals surface area contributed by atoms with Gasteiger partial charge in [-0.05, 0) is 32.9 Å². The molecule has 2 N–H and O–H groups in total. The number of likely N-dealkylation sites (N-methyl/N-ethyl adjacent to an activating group) is 1. The van der Waals surface area contributed by atoms with Crippen LogP contribution in [0.4, 0.5) is 0 Å². The summed E-state index contributed by atoms with van der Waals surface area (Å²) in [6.07, 6.45) is 2.75. The van der Waals surface area contributed by atoms with Crippen molar-refractivity contribution in [1.29, 1.82) is 0 Å². The largest absolute Gasteiger partial charge is 0.375 e. The number of rotatable bonds is 9. The Hall–Kier alpha value is -0.360. The van der Waals surface area contributed by atoms with E-state index in [-0.39, 0.29) is 24.4 Å². The molecule has 0 aliphatic carbocycles. The first-order valence-corrected chi connectivity index (χ1v) is 8.36. The molecule has 22 heavy (non-hydrogen) atoms. The van der Waals surface area contributed by atoms with Gasteiger partial charge in [0.15, 0.2) is 0 Å². The summed E-state index contributed by atoms with van der Waals surface area (Å²) < 4.78 is 5.91. The second-order valence-electron chi connectivity index (χ2n) is 6.23. The molecule has 132 valence electrons. The Morgan fingerprint density at radius 3 is 2.55 bits per heavy atom. The zero-order chi connectivity index (χ0) is 15.9. The molecule has 0 saturated carbocycles. The lowest BCUT2D eigenvalue weighted by molar-refractivity contribution is -0.136. The fourth-order valence-corrected chi connectivity index (χ4v) is 2.92. The smallest absolute Gasteiger partial charge is 0.242 e. The highest BCUT2D eigenvalue weighted by atomic mass is 35.5. The lowest BCUT2D eigenvalue weighted by atomic mass is 9.96. The summed E-state index contributed by atoms with van der Waals surface area (Å²) in [4.78, 5) is 16.6. The van der Waals surface area contributed by atoms with Gasteiger partial charge in [-0.2, -0.15) is 0 Å². The van der Waals surface area contributed by atoms with E-state index in [9.17, 15) is 4.79 Å². The number of nitrogens with zero attached hydrogens (tertiary/aromatic N) is 2. The molecule has 0 spiro atoms. The van der Waals surface area contributed by atoms with Gasteiger partial charge in [0.25, 0.3) is 0 Å². The van der Waals surface area contributed by atoms with Crippen LogP contribution >= 0.6 is 12.4 Å². The number of carbonyl (C=O) groups excluding carboxylic acids is 1. The predicted molar refractivity (Wildman–Crippen MR) is 93.5 cm³/mol. The third kappa shape index (κ3) is 6.41. The van der Waals surface area contributed by atoms with E-state index < -0.39 is 5.54 Å². The van der Waals surface area contributed by atoms with Crippen LogP contribution in [0, 0.1) is 0 Å². The minimum Gasteiger partial charge on any atom is -0.375 e. The second-order valence-corrected chi connectivity index (χ2v) is 6.23. The van der Waals surface area contributed by atoms with E-state index in [4.69, 9.17) is 10.5 Å². The van der Waals surface area contributed by atoms with E-state index in [1.165, 1.54) is 0 Å². The summed E-state index contributed by atoms with van der Waals surface area (Å²) in [5.41, 5.74) is 5.40. The van der Waals surface area contributed by atoms with Gasteiger partial charge in [-0.3, -0.25) is 4.79 Å². The monoisotopic (exact) mass is 335 g/mol. The number of carbonyl (C=O) groups is 1. The topological polar surface area (TPSA) is 58.8 Å². The van der Waals surface area contributed by atoms with Crippen molar-refractivity contribution in [3.63, 3.8) is 0 Å². The van der Waals surface area contributed by atoms with Gasteiger partial charge in [0, 0.05) is 19.6 Å². The summed E-state index contributed by atoms with van der Waals surface area (Å²) in [6, 6.07) is 0. The molecule has 1 rings (SSSR count). The quantitative estimate of drug-likeness (QED) is 0.699. The molecule has 0 bridgehead atoms. The Morgan fingerprint density at radius 2 is 2.00 bits per heavy atom. The third-order valence-corrected chi connectivity index (χ3v) is 4.35. The van der Waals surface area contributed by atoms with Crippen LogP contribution in [0.15, 0.2) is 0 Å². The summed E-state index contributed by atoms with van der Waals surface area (Å²) >= 11 is 0. The lowest BCUT2D eigenvalue weighted by Crippen LogP contribution is -2.52. The molecule has 1 fully saturated rings. The fraction of sp³-hybridized carbons (Fsp3) is 0.938. The molecule has 0 aromatic heterocycles. The van der Waals surface area contributed by atoms with Crippen molar-refractivity contribution in [2.45, 2.75) is 58.6 Å². The molecule has 0 radical (unpaired) electrons. The second kappa shape index (κ2) is 10.4. The van der Waals surface area contributed by atoms with Crippen LogP contribution in [-0.4, -0.2) is 66.7 Å². The SMILES string of the molecule is CCCC(C)(N)C(=O)N1CCC(OCCN(CC)CC)C1.Cl. The summed E-state index contributed by atoms with van der Waals surface area (Å²) in [6.45, 7) is 13.5. The van der Waals surface area contributed by atoms with Crippen LogP contribution in [-0.2, 0) is 9.53 Å². The average molecular weight is 336 g/mol. The summed E-state index contributed by atoms with van der Waals surface area (Å²) in [5, 5.41) is 0. The van der Waals surface area contributed by atoms with Crippen LogP contribution in [0.5, 0.6) is 0 Å². The van der Waals surface area contributed by atoms with Gasteiger partial charge in [0.1, 0.15) is 0 Å². The van der Waals surface area contributed by atoms with E-state index in [1.54, 1.807) is 0 Å². The van der Waals surface area contributed by atoms with Crippen molar-refractivity contribution in [1.82, 2.24) is 9.80 Å². The maximum absolute atomic E-state index is 12.4. The molecule has 0 aromatic rings. The highest BCUT2D eigenvalue weighted by Crippen LogP contribution is 2.19. The molecule has 1 aliphatic heterocycles. The van der Waals surface area contributed by atoms with Crippen molar-refractivity contribution in [2.24, 2.45) is 5.73 Å². The Morgan fingerprint density at radius 1 is 1.36 bits per heavy atom. The number of hydrogen-bond acceptors (Lipinski definition) is 4. The van der Waals surface area contributed by atoms with E-state index >= 15 is 0 Å². The zero-order valence-electron chi connectivity index (χ0n) is 14.6. The van der Waals surface area contributed by atoms with Gasteiger partial charge in [-0.25, -0.2) is 0 Å². The van der Waals surface area contributed by atoms with E-state index in [1.807, 2.05) is 11.8 Å². The molecule has 1 amide bonds. The molecular weight excluding hydrogens is 302 g/mol. The van der Waals surface area contributed by atoms with Crippen LogP contribution in [0.1, 0.15) is 47.0 Å². The van der Waals surface area contributed by atoms with Gasteiger partial charge in [0.05, 0.1) is 18.2 Å². The van der Waals surface area contributed by atoms with E-state index in [0.717, 1.165) is 52.0 Å². The van der Waals surface area contributed by atoms with Crippen LogP contribution in [0.25, 0.3) is 0 Å². The molecule has 6 heteroatoms. The minimum absolute atomic E-state index is 0. The Labute approximate surface area is 141 Å². The number of nitrogens with two attached hydrogens (primary N) is 1. The highest BCUT2D eigenvalue weighted by molar-refractivity contribution is 5.86. The molecule has 2 unspecified atom stereocenters. The normalized spacial score (nSPS) is 20.8. The fourth-order valence-electron chi connectivity index (χ4n) is 2.92. The van der Waals surface area contributed by atoms with Crippen molar-refractivity contribution in [3.05, 3.63) is 0 Å². The number of likely N-dealkylation sites (tertiary alicyclic amines) is 1. The maximum Gasteiger partial charge on any atom is 0.242 e. The van der Waals surface area contributed by atoms with Crippen molar-refractivity contribution in [2.75, 3.05) is 39.3 Å².